The van der Waals surface area contributed by atoms with E-state index in [1.54, 1.807) is 11.3 Å². The molecule has 4 heterocycles. The van der Waals surface area contributed by atoms with Gasteiger partial charge >= 0.3 is 6.18 Å². The highest BCUT2D eigenvalue weighted by molar-refractivity contribution is 7.16. The van der Waals surface area contributed by atoms with Crippen molar-refractivity contribution < 1.29 is 18.0 Å². The molecule has 1 aliphatic heterocycles. The van der Waals surface area contributed by atoms with Crippen LogP contribution in [0.4, 0.5) is 24.1 Å². The molecule has 1 N–H and O–H groups in total. The number of carbonyl (C=O) groups excluding carboxylic acids is 1. The standard InChI is InChI=1S/C19H16ClF3N4OS2/c20-13-8-12(19(21,22)23)9-24-16(13)27-5-3-11(4-6-27)17(28)26-18-25-14(10-30-18)15-2-1-7-29-15/h1-2,7-11H,3-6H2,(H,25,26,28). The number of nitrogens with zero attached hydrogens (tertiary/aromatic N) is 3. The molecule has 3 aromatic rings. The second kappa shape index (κ2) is 8.52. The summed E-state index contributed by atoms with van der Waals surface area (Å²) in [5.74, 6) is 0.000745. The van der Waals surface area contributed by atoms with Crippen molar-refractivity contribution in [2.45, 2.75) is 19.0 Å². The number of hydrogen-bond acceptors (Lipinski definition) is 6. The maximum absolute atomic E-state index is 12.8. The zero-order valence-corrected chi connectivity index (χ0v) is 17.8. The Bertz CT molecular complexity index is 1030. The van der Waals surface area contributed by atoms with Crippen molar-refractivity contribution in [3.8, 4) is 10.6 Å². The van der Waals surface area contributed by atoms with Gasteiger partial charge in [0.05, 0.1) is 21.2 Å². The Hall–Kier alpha value is -2.17. The lowest BCUT2D eigenvalue weighted by Gasteiger charge is -2.32. The van der Waals surface area contributed by atoms with Gasteiger partial charge in [0.15, 0.2) is 5.13 Å². The van der Waals surface area contributed by atoms with Crippen molar-refractivity contribution in [2.75, 3.05) is 23.3 Å². The summed E-state index contributed by atoms with van der Waals surface area (Å²) in [7, 11) is 0. The van der Waals surface area contributed by atoms with Crippen LogP contribution < -0.4 is 10.2 Å². The molecule has 1 saturated heterocycles. The van der Waals surface area contributed by atoms with Gasteiger partial charge in [0.25, 0.3) is 0 Å². The largest absolute Gasteiger partial charge is 0.417 e. The maximum Gasteiger partial charge on any atom is 0.417 e. The van der Waals surface area contributed by atoms with Crippen LogP contribution in [0, 0.1) is 5.92 Å². The van der Waals surface area contributed by atoms with E-state index in [0.717, 1.165) is 22.8 Å². The van der Waals surface area contributed by atoms with Gasteiger partial charge in [-0.05, 0) is 30.4 Å². The first-order valence-corrected chi connectivity index (χ1v) is 11.2. The molecule has 0 spiro atoms. The molecule has 0 unspecified atom stereocenters. The fourth-order valence-corrected chi connectivity index (χ4v) is 5.01. The Labute approximate surface area is 183 Å². The minimum atomic E-state index is -4.49. The highest BCUT2D eigenvalue weighted by Crippen LogP contribution is 2.35. The van der Waals surface area contributed by atoms with Crippen LogP contribution in [0.1, 0.15) is 18.4 Å². The topological polar surface area (TPSA) is 58.1 Å². The number of halogens is 4. The van der Waals surface area contributed by atoms with Crippen molar-refractivity contribution >= 4 is 51.1 Å². The molecule has 0 atom stereocenters. The summed E-state index contributed by atoms with van der Waals surface area (Å²) in [4.78, 5) is 23.8. The summed E-state index contributed by atoms with van der Waals surface area (Å²) in [6, 6.07) is 4.81. The third-order valence-electron chi connectivity index (χ3n) is 4.82. The molecule has 4 rings (SSSR count). The minimum absolute atomic E-state index is 0.0448. The number of anilines is 2. The second-order valence-corrected chi connectivity index (χ2v) is 9.01. The summed E-state index contributed by atoms with van der Waals surface area (Å²) in [6.07, 6.45) is -2.60. The Kier molecular flexibility index (Phi) is 5.99. The molecular formula is C19H16ClF3N4OS2. The first kappa shape index (κ1) is 21.1. The molecule has 11 heteroatoms. The van der Waals surface area contributed by atoms with E-state index >= 15 is 0 Å². The first-order valence-electron chi connectivity index (χ1n) is 9.09. The Morgan fingerprint density at radius 2 is 2.03 bits per heavy atom. The van der Waals surface area contributed by atoms with E-state index in [2.05, 4.69) is 15.3 Å². The van der Waals surface area contributed by atoms with Crippen LogP contribution in [0.2, 0.25) is 5.02 Å². The summed E-state index contributed by atoms with van der Waals surface area (Å²) < 4.78 is 38.3. The molecule has 0 aliphatic carbocycles. The predicted octanol–water partition coefficient (Wildman–Crippen LogP) is 5.79. The van der Waals surface area contributed by atoms with Gasteiger partial charge < -0.3 is 10.2 Å². The van der Waals surface area contributed by atoms with Crippen LogP contribution in [-0.4, -0.2) is 29.0 Å². The van der Waals surface area contributed by atoms with Gasteiger partial charge in [-0.3, -0.25) is 4.79 Å². The number of aromatic nitrogens is 2. The number of nitrogens with one attached hydrogen (secondary N) is 1. The Balaban J connectivity index is 1.35. The fraction of sp³-hybridized carbons (Fsp3) is 0.316. The van der Waals surface area contributed by atoms with E-state index < -0.39 is 11.7 Å². The number of pyridine rings is 1. The number of hydrogen-bond donors (Lipinski definition) is 1. The van der Waals surface area contributed by atoms with Gasteiger partial charge in [-0.25, -0.2) is 9.97 Å². The molecule has 0 saturated carbocycles. The van der Waals surface area contributed by atoms with Crippen LogP contribution in [0.3, 0.4) is 0 Å². The van der Waals surface area contributed by atoms with Gasteiger partial charge in [-0.1, -0.05) is 17.7 Å². The molecule has 158 valence electrons. The van der Waals surface area contributed by atoms with E-state index in [1.165, 1.54) is 11.3 Å². The van der Waals surface area contributed by atoms with Gasteiger partial charge in [-0.2, -0.15) is 13.2 Å². The summed E-state index contributed by atoms with van der Waals surface area (Å²) >= 11 is 8.99. The Morgan fingerprint density at radius 3 is 2.67 bits per heavy atom. The number of amides is 1. The van der Waals surface area contributed by atoms with Crippen molar-refractivity contribution in [2.24, 2.45) is 5.92 Å². The average molecular weight is 473 g/mol. The van der Waals surface area contributed by atoms with E-state index in [0.29, 0.717) is 36.9 Å². The quantitative estimate of drug-likeness (QED) is 0.522. The number of rotatable bonds is 4. The number of alkyl halides is 3. The summed E-state index contributed by atoms with van der Waals surface area (Å²) in [5, 5.41) is 7.26. The SMILES string of the molecule is O=C(Nc1nc(-c2cccs2)cs1)C1CCN(c2ncc(C(F)(F)F)cc2Cl)CC1. The molecule has 0 bridgehead atoms. The van der Waals surface area contributed by atoms with Crippen LogP contribution in [-0.2, 0) is 11.0 Å². The number of thiazole rings is 1. The number of piperidine rings is 1. The van der Waals surface area contributed by atoms with Crippen molar-refractivity contribution in [3.05, 3.63) is 45.7 Å². The Morgan fingerprint density at radius 1 is 1.27 bits per heavy atom. The van der Waals surface area contributed by atoms with E-state index in [9.17, 15) is 18.0 Å². The molecule has 30 heavy (non-hydrogen) atoms. The van der Waals surface area contributed by atoms with Crippen LogP contribution in [0.5, 0.6) is 0 Å². The fourth-order valence-electron chi connectivity index (χ4n) is 3.25. The third kappa shape index (κ3) is 4.60. The molecular weight excluding hydrogens is 457 g/mol. The summed E-state index contributed by atoms with van der Waals surface area (Å²) in [5.41, 5.74) is -0.0426. The number of thiophene rings is 1. The first-order chi connectivity index (χ1) is 14.3. The average Bonchev–Trinajstić information content (AvgIpc) is 3.39. The summed E-state index contributed by atoms with van der Waals surface area (Å²) in [6.45, 7) is 0.961. The van der Waals surface area contributed by atoms with Crippen LogP contribution in [0.25, 0.3) is 10.6 Å². The molecule has 1 aliphatic rings. The van der Waals surface area contributed by atoms with Gasteiger partial charge in [0, 0.05) is 30.6 Å². The van der Waals surface area contributed by atoms with Crippen molar-refractivity contribution in [1.29, 1.82) is 0 Å². The molecule has 1 amide bonds. The second-order valence-electron chi connectivity index (χ2n) is 6.79. The van der Waals surface area contributed by atoms with Crippen molar-refractivity contribution in [1.82, 2.24) is 9.97 Å². The molecule has 5 nitrogen and oxygen atoms in total. The smallest absolute Gasteiger partial charge is 0.355 e. The molecule has 0 aromatic carbocycles. The predicted molar refractivity (Wildman–Crippen MR) is 113 cm³/mol. The normalized spacial score (nSPS) is 15.4. The van der Waals surface area contributed by atoms with Crippen LogP contribution in [0.15, 0.2) is 35.2 Å². The zero-order valence-electron chi connectivity index (χ0n) is 15.4. The molecule has 1 fully saturated rings. The molecule has 0 radical (unpaired) electrons. The minimum Gasteiger partial charge on any atom is -0.355 e. The van der Waals surface area contributed by atoms with Gasteiger partial charge in [0.1, 0.15) is 5.82 Å². The van der Waals surface area contributed by atoms with Gasteiger partial charge in [-0.15, -0.1) is 22.7 Å². The monoisotopic (exact) mass is 472 g/mol. The van der Waals surface area contributed by atoms with E-state index in [1.807, 2.05) is 27.8 Å². The lowest BCUT2D eigenvalue weighted by Crippen LogP contribution is -2.38. The van der Waals surface area contributed by atoms with E-state index in [-0.39, 0.29) is 16.8 Å². The van der Waals surface area contributed by atoms with Crippen molar-refractivity contribution in [3.63, 3.8) is 0 Å². The lowest BCUT2D eigenvalue weighted by atomic mass is 9.96. The van der Waals surface area contributed by atoms with E-state index in [4.69, 9.17) is 11.6 Å². The molecule has 3 aromatic heterocycles. The maximum atomic E-state index is 12.8. The number of carbonyl (C=O) groups is 1. The zero-order chi connectivity index (χ0) is 21.3. The third-order valence-corrected chi connectivity index (χ3v) is 6.75. The highest BCUT2D eigenvalue weighted by atomic mass is 35.5. The van der Waals surface area contributed by atoms with Gasteiger partial charge in [0.2, 0.25) is 5.91 Å². The lowest BCUT2D eigenvalue weighted by molar-refractivity contribution is -0.137. The highest BCUT2D eigenvalue weighted by Gasteiger charge is 2.33. The van der Waals surface area contributed by atoms with Crippen LogP contribution >= 0.6 is 34.3 Å².